The highest BCUT2D eigenvalue weighted by Crippen LogP contribution is 2.24. The van der Waals surface area contributed by atoms with E-state index >= 15 is 0 Å². The van der Waals surface area contributed by atoms with Crippen molar-refractivity contribution >= 4 is 16.9 Å². The first kappa shape index (κ1) is 17.0. The van der Waals surface area contributed by atoms with Crippen LogP contribution in [0.4, 0.5) is 5.95 Å². The molecule has 1 heterocycles. The van der Waals surface area contributed by atoms with Gasteiger partial charge in [-0.25, -0.2) is 9.97 Å². The van der Waals surface area contributed by atoms with E-state index < -0.39 is 0 Å². The Hall–Kier alpha value is -2.46. The Morgan fingerprint density at radius 1 is 0.885 bits per heavy atom. The third kappa shape index (κ3) is 3.86. The van der Waals surface area contributed by atoms with E-state index in [0.29, 0.717) is 5.95 Å². The maximum Gasteiger partial charge on any atom is 0.223 e. The van der Waals surface area contributed by atoms with Gasteiger partial charge in [0.25, 0.3) is 0 Å². The van der Waals surface area contributed by atoms with Crippen molar-refractivity contribution in [3.8, 4) is 11.1 Å². The molecule has 134 valence electrons. The number of nitrogens with zero attached hydrogens (tertiary/aromatic N) is 2. The van der Waals surface area contributed by atoms with Gasteiger partial charge in [-0.2, -0.15) is 0 Å². The molecule has 2 atom stereocenters. The molecular formula is C22H26N4. The number of benzene rings is 2. The Morgan fingerprint density at radius 3 is 2.54 bits per heavy atom. The van der Waals surface area contributed by atoms with Crippen LogP contribution in [-0.4, -0.2) is 22.1 Å². The van der Waals surface area contributed by atoms with Crippen molar-refractivity contribution in [3.05, 3.63) is 54.7 Å². The zero-order valence-corrected chi connectivity index (χ0v) is 15.1. The molecule has 2 aromatic carbocycles. The standard InChI is InChI=1S/C22H26N4/c23-19-10-6-1-2-7-11-21(19)26-22-24-15-18-14-17(12-13-20(18)25-22)16-8-4-3-5-9-16/h3-5,8-9,12-15,19,21H,1-2,6-7,10-11,23H2,(H,24,25,26)/t19-,21+/m0/s1. The minimum atomic E-state index is 0.176. The Kier molecular flexibility index (Phi) is 5.12. The molecule has 0 spiro atoms. The Balaban J connectivity index is 1.55. The van der Waals surface area contributed by atoms with Crippen molar-refractivity contribution < 1.29 is 0 Å². The van der Waals surface area contributed by atoms with Crippen LogP contribution in [0.25, 0.3) is 22.0 Å². The second kappa shape index (κ2) is 7.83. The van der Waals surface area contributed by atoms with Crippen LogP contribution in [-0.2, 0) is 0 Å². The van der Waals surface area contributed by atoms with Crippen molar-refractivity contribution in [2.45, 2.75) is 50.6 Å². The lowest BCUT2D eigenvalue weighted by Crippen LogP contribution is -2.41. The number of hydrogen-bond acceptors (Lipinski definition) is 4. The zero-order chi connectivity index (χ0) is 17.8. The van der Waals surface area contributed by atoms with Crippen molar-refractivity contribution in [1.29, 1.82) is 0 Å². The van der Waals surface area contributed by atoms with Crippen molar-refractivity contribution in [3.63, 3.8) is 0 Å². The van der Waals surface area contributed by atoms with Gasteiger partial charge in [0, 0.05) is 23.7 Å². The van der Waals surface area contributed by atoms with Crippen LogP contribution < -0.4 is 11.1 Å². The summed E-state index contributed by atoms with van der Waals surface area (Å²) in [7, 11) is 0. The Labute approximate surface area is 154 Å². The molecular weight excluding hydrogens is 320 g/mol. The van der Waals surface area contributed by atoms with Gasteiger partial charge in [0.15, 0.2) is 0 Å². The van der Waals surface area contributed by atoms with E-state index in [1.807, 2.05) is 12.3 Å². The molecule has 4 nitrogen and oxygen atoms in total. The summed E-state index contributed by atoms with van der Waals surface area (Å²) < 4.78 is 0. The van der Waals surface area contributed by atoms with Gasteiger partial charge in [-0.1, -0.05) is 62.1 Å². The molecule has 1 aromatic heterocycles. The van der Waals surface area contributed by atoms with Gasteiger partial charge in [0.2, 0.25) is 5.95 Å². The maximum absolute atomic E-state index is 6.38. The first-order valence-corrected chi connectivity index (χ1v) is 9.64. The molecule has 0 unspecified atom stereocenters. The van der Waals surface area contributed by atoms with Gasteiger partial charge in [0.05, 0.1) is 5.52 Å². The largest absolute Gasteiger partial charge is 0.350 e. The molecule has 1 fully saturated rings. The van der Waals surface area contributed by atoms with Gasteiger partial charge in [0.1, 0.15) is 0 Å². The number of fused-ring (bicyclic) bond motifs is 1. The molecule has 0 radical (unpaired) electrons. The van der Waals surface area contributed by atoms with Crippen LogP contribution in [0, 0.1) is 0 Å². The summed E-state index contributed by atoms with van der Waals surface area (Å²) in [6, 6.07) is 17.2. The van der Waals surface area contributed by atoms with Gasteiger partial charge in [-0.15, -0.1) is 0 Å². The van der Waals surface area contributed by atoms with E-state index in [2.05, 4.69) is 52.8 Å². The highest BCUT2D eigenvalue weighted by molar-refractivity contribution is 5.84. The van der Waals surface area contributed by atoms with Crippen molar-refractivity contribution in [2.75, 3.05) is 5.32 Å². The molecule has 4 heteroatoms. The Bertz CT molecular complexity index is 862. The normalized spacial score (nSPS) is 21.1. The second-order valence-corrected chi connectivity index (χ2v) is 7.24. The summed E-state index contributed by atoms with van der Waals surface area (Å²) in [4.78, 5) is 9.26. The van der Waals surface area contributed by atoms with E-state index in [4.69, 9.17) is 10.7 Å². The molecule has 3 N–H and O–H groups in total. The number of nitrogens with two attached hydrogens (primary N) is 1. The summed E-state index contributed by atoms with van der Waals surface area (Å²) >= 11 is 0. The summed E-state index contributed by atoms with van der Waals surface area (Å²) in [5.74, 6) is 0.686. The van der Waals surface area contributed by atoms with Crippen LogP contribution in [0.3, 0.4) is 0 Å². The van der Waals surface area contributed by atoms with E-state index in [1.54, 1.807) is 0 Å². The zero-order valence-electron chi connectivity index (χ0n) is 15.1. The van der Waals surface area contributed by atoms with Gasteiger partial charge in [-0.05, 0) is 36.1 Å². The predicted octanol–water partition coefficient (Wildman–Crippen LogP) is 4.76. The minimum Gasteiger partial charge on any atom is -0.350 e. The van der Waals surface area contributed by atoms with Gasteiger partial charge >= 0.3 is 0 Å². The quantitative estimate of drug-likeness (QED) is 0.718. The minimum absolute atomic E-state index is 0.176. The molecule has 1 saturated carbocycles. The lowest BCUT2D eigenvalue weighted by atomic mass is 9.93. The summed E-state index contributed by atoms with van der Waals surface area (Å²) in [6.45, 7) is 0. The fourth-order valence-corrected chi connectivity index (χ4v) is 3.77. The highest BCUT2D eigenvalue weighted by Gasteiger charge is 2.20. The molecule has 0 saturated heterocycles. The molecule has 1 aliphatic rings. The Morgan fingerprint density at radius 2 is 1.69 bits per heavy atom. The first-order chi connectivity index (χ1) is 12.8. The van der Waals surface area contributed by atoms with Crippen molar-refractivity contribution in [1.82, 2.24) is 9.97 Å². The third-order valence-electron chi connectivity index (χ3n) is 5.32. The van der Waals surface area contributed by atoms with Crippen LogP contribution in [0.5, 0.6) is 0 Å². The van der Waals surface area contributed by atoms with Crippen molar-refractivity contribution in [2.24, 2.45) is 5.73 Å². The fourth-order valence-electron chi connectivity index (χ4n) is 3.77. The summed E-state index contributed by atoms with van der Waals surface area (Å²) in [5, 5.41) is 4.54. The summed E-state index contributed by atoms with van der Waals surface area (Å²) in [5.41, 5.74) is 9.73. The highest BCUT2D eigenvalue weighted by atomic mass is 15.1. The van der Waals surface area contributed by atoms with E-state index in [9.17, 15) is 0 Å². The van der Waals surface area contributed by atoms with Gasteiger partial charge in [-0.3, -0.25) is 0 Å². The first-order valence-electron chi connectivity index (χ1n) is 9.64. The van der Waals surface area contributed by atoms with E-state index in [-0.39, 0.29) is 12.1 Å². The lowest BCUT2D eigenvalue weighted by molar-refractivity contribution is 0.419. The van der Waals surface area contributed by atoms with Crippen LogP contribution in [0.1, 0.15) is 38.5 Å². The number of hydrogen-bond donors (Lipinski definition) is 2. The molecule has 0 bridgehead atoms. The monoisotopic (exact) mass is 346 g/mol. The molecule has 26 heavy (non-hydrogen) atoms. The van der Waals surface area contributed by atoms with Crippen LogP contribution in [0.15, 0.2) is 54.7 Å². The number of aromatic nitrogens is 2. The smallest absolute Gasteiger partial charge is 0.223 e. The average Bonchev–Trinajstić information content (AvgIpc) is 2.68. The molecule has 0 aliphatic heterocycles. The van der Waals surface area contributed by atoms with E-state index in [0.717, 1.165) is 23.7 Å². The SMILES string of the molecule is N[C@H]1CCCCCC[C@H]1Nc1ncc2cc(-c3ccccc3)ccc2n1. The molecule has 0 amide bonds. The number of nitrogens with one attached hydrogen (secondary N) is 1. The topological polar surface area (TPSA) is 63.8 Å². The third-order valence-corrected chi connectivity index (χ3v) is 5.32. The van der Waals surface area contributed by atoms with Gasteiger partial charge < -0.3 is 11.1 Å². The fraction of sp³-hybridized carbons (Fsp3) is 0.364. The number of anilines is 1. The van der Waals surface area contributed by atoms with E-state index in [1.165, 1.54) is 36.8 Å². The summed E-state index contributed by atoms with van der Waals surface area (Å²) in [6.07, 6.45) is 9.12. The average molecular weight is 346 g/mol. The molecule has 1 aliphatic carbocycles. The lowest BCUT2D eigenvalue weighted by Gasteiger charge is -2.27. The number of rotatable bonds is 3. The molecule has 4 rings (SSSR count). The predicted molar refractivity (Wildman–Crippen MR) is 108 cm³/mol. The van der Waals surface area contributed by atoms with Crippen LogP contribution in [0.2, 0.25) is 0 Å². The maximum atomic E-state index is 6.38. The van der Waals surface area contributed by atoms with Crippen LogP contribution >= 0.6 is 0 Å². The molecule has 3 aromatic rings. The second-order valence-electron chi connectivity index (χ2n) is 7.24.